The molecule has 1 heterocycles. The number of hydrogen-bond donors (Lipinski definition) is 2. The number of carbonyl (C=O) groups is 2. The van der Waals surface area contributed by atoms with Crippen molar-refractivity contribution in [3.63, 3.8) is 0 Å². The minimum Gasteiger partial charge on any atom is -0.508 e. The van der Waals surface area contributed by atoms with Crippen LogP contribution in [-0.2, 0) is 16.1 Å². The smallest absolute Gasteiger partial charge is 0.246 e. The molecule has 1 aromatic carbocycles. The lowest BCUT2D eigenvalue weighted by atomic mass is 10.0. The molecule has 5 nitrogen and oxygen atoms in total. The molecule has 0 aromatic heterocycles. The largest absolute Gasteiger partial charge is 0.508 e. The number of imide groups is 1. The van der Waals surface area contributed by atoms with E-state index in [2.05, 4.69) is 5.32 Å². The third-order valence-corrected chi connectivity index (χ3v) is 3.14. The summed E-state index contributed by atoms with van der Waals surface area (Å²) in [6.07, 6.45) is 0.940. The van der Waals surface area contributed by atoms with E-state index in [1.807, 2.05) is 0 Å². The first-order valence-electron chi connectivity index (χ1n) is 5.89. The van der Waals surface area contributed by atoms with E-state index in [0.29, 0.717) is 19.4 Å². The first-order chi connectivity index (χ1) is 8.58. The molecule has 0 aliphatic carbocycles. The van der Waals surface area contributed by atoms with Crippen LogP contribution in [0.15, 0.2) is 24.3 Å². The molecule has 0 spiro atoms. The van der Waals surface area contributed by atoms with Gasteiger partial charge < -0.3 is 10.4 Å². The first-order valence-corrected chi connectivity index (χ1v) is 5.89. The molecule has 1 saturated heterocycles. The molecule has 0 bridgehead atoms. The molecule has 1 aliphatic heterocycles. The first kappa shape index (κ1) is 12.6. The zero-order chi connectivity index (χ0) is 13.1. The highest BCUT2D eigenvalue weighted by atomic mass is 16.3. The van der Waals surface area contributed by atoms with Crippen molar-refractivity contribution in [3.8, 4) is 5.75 Å². The number of nitrogens with zero attached hydrogens (tertiary/aromatic N) is 1. The summed E-state index contributed by atoms with van der Waals surface area (Å²) < 4.78 is 0. The van der Waals surface area contributed by atoms with Crippen molar-refractivity contribution in [1.82, 2.24) is 10.2 Å². The number of benzene rings is 1. The van der Waals surface area contributed by atoms with E-state index >= 15 is 0 Å². The monoisotopic (exact) mass is 248 g/mol. The Morgan fingerprint density at radius 1 is 1.33 bits per heavy atom. The van der Waals surface area contributed by atoms with Crippen molar-refractivity contribution in [2.45, 2.75) is 25.4 Å². The van der Waals surface area contributed by atoms with E-state index in [9.17, 15) is 9.59 Å². The average Bonchev–Trinajstić information content (AvgIpc) is 2.37. The van der Waals surface area contributed by atoms with E-state index in [-0.39, 0.29) is 23.6 Å². The summed E-state index contributed by atoms with van der Waals surface area (Å²) in [6, 6.07) is 6.50. The predicted octanol–water partition coefficient (Wildman–Crippen LogP) is 0.629. The Hall–Kier alpha value is -1.88. The van der Waals surface area contributed by atoms with Crippen LogP contribution in [0.2, 0.25) is 0 Å². The molecule has 5 heteroatoms. The molecule has 1 aliphatic rings. The van der Waals surface area contributed by atoms with Crippen LogP contribution in [0.5, 0.6) is 5.75 Å². The van der Waals surface area contributed by atoms with Crippen LogP contribution in [0, 0.1) is 0 Å². The van der Waals surface area contributed by atoms with Crippen LogP contribution in [0.25, 0.3) is 0 Å². The van der Waals surface area contributed by atoms with Gasteiger partial charge in [0.1, 0.15) is 5.75 Å². The quantitative estimate of drug-likeness (QED) is 0.770. The van der Waals surface area contributed by atoms with Gasteiger partial charge in [0, 0.05) is 20.0 Å². The molecule has 1 aromatic rings. The van der Waals surface area contributed by atoms with Crippen molar-refractivity contribution in [2.24, 2.45) is 0 Å². The van der Waals surface area contributed by atoms with Gasteiger partial charge in [0.05, 0.1) is 6.04 Å². The van der Waals surface area contributed by atoms with E-state index in [4.69, 9.17) is 5.11 Å². The molecule has 1 unspecified atom stereocenters. The van der Waals surface area contributed by atoms with E-state index in [1.165, 1.54) is 11.9 Å². The molecule has 2 N–H and O–H groups in total. The maximum Gasteiger partial charge on any atom is 0.246 e. The lowest BCUT2D eigenvalue weighted by Crippen LogP contribution is -2.51. The highest BCUT2D eigenvalue weighted by Gasteiger charge is 2.31. The van der Waals surface area contributed by atoms with Crippen LogP contribution in [-0.4, -0.2) is 34.9 Å². The Morgan fingerprint density at radius 2 is 2.00 bits per heavy atom. The summed E-state index contributed by atoms with van der Waals surface area (Å²) in [5.41, 5.74) is 0.986. The number of likely N-dealkylation sites (N-methyl/N-ethyl adjacent to an activating group) is 1. The fourth-order valence-corrected chi connectivity index (χ4v) is 1.96. The fourth-order valence-electron chi connectivity index (χ4n) is 1.96. The molecule has 1 atom stereocenters. The number of hydrogen-bond acceptors (Lipinski definition) is 4. The fraction of sp³-hybridized carbons (Fsp3) is 0.385. The number of amides is 2. The average molecular weight is 248 g/mol. The Bertz CT molecular complexity index is 456. The standard InChI is InChI=1S/C13H16N2O3/c1-15-12(17)7-6-11(13(15)18)14-8-9-2-4-10(16)5-3-9/h2-5,11,14,16H,6-8H2,1H3. The topological polar surface area (TPSA) is 69.6 Å². The number of piperidine rings is 1. The van der Waals surface area contributed by atoms with E-state index in [1.54, 1.807) is 24.3 Å². The lowest BCUT2D eigenvalue weighted by molar-refractivity contribution is -0.148. The number of likely N-dealkylation sites (tertiary alicyclic amines) is 1. The predicted molar refractivity (Wildman–Crippen MR) is 65.7 cm³/mol. The van der Waals surface area contributed by atoms with E-state index in [0.717, 1.165) is 5.56 Å². The minimum atomic E-state index is -0.304. The molecule has 2 amide bonds. The summed E-state index contributed by atoms with van der Waals surface area (Å²) in [6.45, 7) is 0.540. The lowest BCUT2D eigenvalue weighted by Gasteiger charge is -2.28. The molecule has 0 radical (unpaired) electrons. The highest BCUT2D eigenvalue weighted by molar-refractivity contribution is 6.00. The Balaban J connectivity index is 1.92. The van der Waals surface area contributed by atoms with Gasteiger partial charge in [-0.05, 0) is 24.1 Å². The third kappa shape index (κ3) is 2.68. The summed E-state index contributed by atoms with van der Waals surface area (Å²) >= 11 is 0. The van der Waals surface area contributed by atoms with Crippen molar-refractivity contribution in [3.05, 3.63) is 29.8 Å². The zero-order valence-corrected chi connectivity index (χ0v) is 10.2. The molecule has 18 heavy (non-hydrogen) atoms. The van der Waals surface area contributed by atoms with Gasteiger partial charge in [0.25, 0.3) is 0 Å². The van der Waals surface area contributed by atoms with Gasteiger partial charge in [0.2, 0.25) is 11.8 Å². The van der Waals surface area contributed by atoms with Crippen LogP contribution in [0.1, 0.15) is 18.4 Å². The second kappa shape index (κ2) is 5.18. The van der Waals surface area contributed by atoms with Gasteiger partial charge in [0.15, 0.2) is 0 Å². The number of carbonyl (C=O) groups excluding carboxylic acids is 2. The molecule has 96 valence electrons. The Kier molecular flexibility index (Phi) is 3.62. The van der Waals surface area contributed by atoms with Gasteiger partial charge in [-0.3, -0.25) is 14.5 Å². The number of nitrogens with one attached hydrogen (secondary N) is 1. The second-order valence-electron chi connectivity index (χ2n) is 4.43. The van der Waals surface area contributed by atoms with Crippen LogP contribution >= 0.6 is 0 Å². The number of phenols is 1. The molecule has 2 rings (SSSR count). The third-order valence-electron chi connectivity index (χ3n) is 3.14. The molecular formula is C13H16N2O3. The summed E-state index contributed by atoms with van der Waals surface area (Å²) in [7, 11) is 1.51. The van der Waals surface area contributed by atoms with Gasteiger partial charge in [-0.25, -0.2) is 0 Å². The van der Waals surface area contributed by atoms with E-state index < -0.39 is 0 Å². The molecular weight excluding hydrogens is 232 g/mol. The molecule has 0 saturated carbocycles. The van der Waals surface area contributed by atoms with Crippen molar-refractivity contribution in [2.75, 3.05) is 7.05 Å². The zero-order valence-electron chi connectivity index (χ0n) is 10.2. The number of aromatic hydroxyl groups is 1. The maximum absolute atomic E-state index is 11.8. The van der Waals surface area contributed by atoms with Gasteiger partial charge in [-0.2, -0.15) is 0 Å². The van der Waals surface area contributed by atoms with Crippen molar-refractivity contribution >= 4 is 11.8 Å². The SMILES string of the molecule is CN1C(=O)CCC(NCc2ccc(O)cc2)C1=O. The van der Waals surface area contributed by atoms with Gasteiger partial charge in [-0.1, -0.05) is 12.1 Å². The Morgan fingerprint density at radius 3 is 2.67 bits per heavy atom. The maximum atomic E-state index is 11.8. The van der Waals surface area contributed by atoms with Crippen molar-refractivity contribution < 1.29 is 14.7 Å². The van der Waals surface area contributed by atoms with Crippen molar-refractivity contribution in [1.29, 1.82) is 0 Å². The van der Waals surface area contributed by atoms with Crippen LogP contribution in [0.4, 0.5) is 0 Å². The van der Waals surface area contributed by atoms with Gasteiger partial charge >= 0.3 is 0 Å². The normalized spacial score (nSPS) is 20.3. The Labute approximate surface area is 105 Å². The van der Waals surface area contributed by atoms with Crippen LogP contribution < -0.4 is 5.32 Å². The van der Waals surface area contributed by atoms with Crippen LogP contribution in [0.3, 0.4) is 0 Å². The summed E-state index contributed by atoms with van der Waals surface area (Å²) in [4.78, 5) is 24.3. The number of phenolic OH excluding ortho intramolecular Hbond substituents is 1. The van der Waals surface area contributed by atoms with Gasteiger partial charge in [-0.15, -0.1) is 0 Å². The summed E-state index contributed by atoms with van der Waals surface area (Å²) in [5, 5.41) is 12.3. The molecule has 1 fully saturated rings. The number of rotatable bonds is 3. The minimum absolute atomic E-state index is 0.123. The second-order valence-corrected chi connectivity index (χ2v) is 4.43. The summed E-state index contributed by atoms with van der Waals surface area (Å²) in [5.74, 6) is -0.0782. The highest BCUT2D eigenvalue weighted by Crippen LogP contribution is 2.13.